The Morgan fingerprint density at radius 2 is 2.04 bits per heavy atom. The van der Waals surface area contributed by atoms with Crippen LogP contribution < -0.4 is 20.3 Å². The molecule has 1 aromatic rings. The normalized spacial score (nSPS) is 16.3. The first-order valence-electron chi connectivity index (χ1n) is 7.77. The molecule has 1 heterocycles. The molecule has 1 aliphatic heterocycles. The Kier molecular flexibility index (Phi) is 5.75. The molecule has 0 spiro atoms. The number of amides is 4. The summed E-state index contributed by atoms with van der Waals surface area (Å²) in [6.07, 6.45) is 0. The number of methoxy groups -OCH3 is 1. The number of nitrogens with one attached hydrogen (secondary N) is 3. The zero-order valence-corrected chi connectivity index (χ0v) is 14.1. The monoisotopic (exact) mass is 335 g/mol. The first-order chi connectivity index (χ1) is 11.4. The fourth-order valence-corrected chi connectivity index (χ4v) is 2.41. The number of likely N-dealkylation sites (N-methyl/N-ethyl adjacent to an activating group) is 1. The Hall–Kier alpha value is -2.61. The molecule has 0 radical (unpaired) electrons. The molecule has 1 fully saturated rings. The quantitative estimate of drug-likeness (QED) is 0.627. The molecule has 1 aliphatic rings. The van der Waals surface area contributed by atoms with Gasteiger partial charge < -0.3 is 20.3 Å². The number of rotatable bonds is 6. The summed E-state index contributed by atoms with van der Waals surface area (Å²) in [5.41, 5.74) is 0.659. The van der Waals surface area contributed by atoms with E-state index in [4.69, 9.17) is 4.74 Å². The van der Waals surface area contributed by atoms with Gasteiger partial charge in [0.1, 0.15) is 5.75 Å². The molecule has 4 amide bonds. The van der Waals surface area contributed by atoms with Gasteiger partial charge in [-0.1, -0.05) is 0 Å². The van der Waals surface area contributed by atoms with Crippen molar-refractivity contribution >= 4 is 23.5 Å². The number of quaternary nitrogens is 1. The van der Waals surface area contributed by atoms with E-state index < -0.39 is 6.04 Å². The third kappa shape index (κ3) is 4.23. The predicted molar refractivity (Wildman–Crippen MR) is 88.0 cm³/mol. The number of nitrogens with zero attached hydrogens (tertiary/aromatic N) is 1. The second-order valence-electron chi connectivity index (χ2n) is 5.74. The molecule has 1 saturated heterocycles. The highest BCUT2D eigenvalue weighted by Gasteiger charge is 2.34. The maximum Gasteiger partial charge on any atom is 0.324 e. The molecule has 3 N–H and O–H groups in total. The Bertz CT molecular complexity index is 617. The molecule has 0 aliphatic carbocycles. The molecular formula is C16H23N4O4+. The Morgan fingerprint density at radius 3 is 2.58 bits per heavy atom. The number of urea groups is 1. The maximum atomic E-state index is 12.3. The van der Waals surface area contributed by atoms with Crippen LogP contribution >= 0.6 is 0 Å². The second-order valence-corrected chi connectivity index (χ2v) is 5.74. The van der Waals surface area contributed by atoms with E-state index in [1.54, 1.807) is 45.3 Å². The summed E-state index contributed by atoms with van der Waals surface area (Å²) < 4.78 is 5.06. The summed E-state index contributed by atoms with van der Waals surface area (Å²) >= 11 is 0. The SMILES string of the molecule is COc1ccc(NC(=O)C[NH+](C)[C@@H](C)C(=O)N2CCNC2=O)cc1. The van der Waals surface area contributed by atoms with Crippen molar-refractivity contribution < 1.29 is 24.0 Å². The van der Waals surface area contributed by atoms with Crippen molar-refractivity contribution in [3.8, 4) is 5.75 Å². The Labute approximate surface area is 140 Å². The van der Waals surface area contributed by atoms with E-state index in [0.717, 1.165) is 0 Å². The van der Waals surface area contributed by atoms with Gasteiger partial charge in [-0.25, -0.2) is 4.79 Å². The third-order valence-electron chi connectivity index (χ3n) is 4.05. The van der Waals surface area contributed by atoms with Crippen LogP contribution in [0, 0.1) is 0 Å². The first kappa shape index (κ1) is 17.7. The van der Waals surface area contributed by atoms with Crippen LogP contribution in [0.1, 0.15) is 6.92 Å². The number of hydrogen-bond donors (Lipinski definition) is 3. The zero-order valence-electron chi connectivity index (χ0n) is 14.1. The van der Waals surface area contributed by atoms with Gasteiger partial charge in [0.15, 0.2) is 12.6 Å². The minimum atomic E-state index is -0.490. The molecule has 2 rings (SSSR count). The molecule has 24 heavy (non-hydrogen) atoms. The fourth-order valence-electron chi connectivity index (χ4n) is 2.41. The van der Waals surface area contributed by atoms with Crippen molar-refractivity contribution in [3.63, 3.8) is 0 Å². The number of anilines is 1. The summed E-state index contributed by atoms with van der Waals surface area (Å²) in [6, 6.07) is 6.14. The molecule has 0 aromatic heterocycles. The summed E-state index contributed by atoms with van der Waals surface area (Å²) in [7, 11) is 3.33. The van der Waals surface area contributed by atoms with E-state index in [1.807, 2.05) is 0 Å². The summed E-state index contributed by atoms with van der Waals surface area (Å²) in [5.74, 6) is 0.224. The lowest BCUT2D eigenvalue weighted by atomic mass is 10.2. The van der Waals surface area contributed by atoms with E-state index in [2.05, 4.69) is 10.6 Å². The average Bonchev–Trinajstić information content (AvgIpc) is 3.00. The van der Waals surface area contributed by atoms with Gasteiger partial charge in [-0.05, 0) is 31.2 Å². The van der Waals surface area contributed by atoms with Gasteiger partial charge in [-0.3, -0.25) is 14.5 Å². The highest BCUT2D eigenvalue weighted by Crippen LogP contribution is 2.14. The molecule has 0 bridgehead atoms. The van der Waals surface area contributed by atoms with Gasteiger partial charge in [0.25, 0.3) is 11.8 Å². The standard InChI is InChI=1S/C16H22N4O4/c1-11(15(22)20-9-8-17-16(20)23)19(2)10-14(21)18-12-4-6-13(24-3)7-5-12/h4-7,11H,8-10H2,1-3H3,(H,17,23)(H,18,21)/p+1/t11-/m0/s1. The van der Waals surface area contributed by atoms with Gasteiger partial charge in [0.2, 0.25) is 0 Å². The topological polar surface area (TPSA) is 92.2 Å². The molecule has 8 heteroatoms. The molecule has 1 aromatic carbocycles. The van der Waals surface area contributed by atoms with Gasteiger partial charge >= 0.3 is 6.03 Å². The summed E-state index contributed by atoms with van der Waals surface area (Å²) in [6.45, 7) is 2.67. The predicted octanol–water partition coefficient (Wildman–Crippen LogP) is -0.911. The van der Waals surface area contributed by atoms with Crippen LogP contribution in [0.3, 0.4) is 0 Å². The maximum absolute atomic E-state index is 12.3. The number of carbonyl (C=O) groups excluding carboxylic acids is 3. The van der Waals surface area contributed by atoms with Crippen LogP contribution in [0.2, 0.25) is 0 Å². The fraction of sp³-hybridized carbons (Fsp3) is 0.438. The van der Waals surface area contributed by atoms with Gasteiger partial charge in [-0.15, -0.1) is 0 Å². The second kappa shape index (κ2) is 7.78. The van der Waals surface area contributed by atoms with Crippen LogP contribution in [0.15, 0.2) is 24.3 Å². The van der Waals surface area contributed by atoms with E-state index in [1.165, 1.54) is 4.90 Å². The third-order valence-corrected chi connectivity index (χ3v) is 4.05. The van der Waals surface area contributed by atoms with Crippen molar-refractivity contribution in [1.82, 2.24) is 10.2 Å². The molecule has 8 nitrogen and oxygen atoms in total. The Morgan fingerprint density at radius 1 is 1.38 bits per heavy atom. The minimum absolute atomic E-state index is 0.119. The minimum Gasteiger partial charge on any atom is -0.497 e. The van der Waals surface area contributed by atoms with Crippen LogP contribution in [-0.4, -0.2) is 62.6 Å². The van der Waals surface area contributed by atoms with Crippen LogP contribution in [-0.2, 0) is 9.59 Å². The lowest BCUT2D eigenvalue weighted by molar-refractivity contribution is -0.886. The van der Waals surface area contributed by atoms with Crippen molar-refractivity contribution in [1.29, 1.82) is 0 Å². The highest BCUT2D eigenvalue weighted by atomic mass is 16.5. The molecule has 0 saturated carbocycles. The smallest absolute Gasteiger partial charge is 0.324 e. The summed E-state index contributed by atoms with van der Waals surface area (Å²) in [5, 5.41) is 5.37. The van der Waals surface area contributed by atoms with Crippen LogP contribution in [0.25, 0.3) is 0 Å². The number of hydrogen-bond acceptors (Lipinski definition) is 4. The van der Waals surface area contributed by atoms with Crippen molar-refractivity contribution in [2.75, 3.05) is 39.1 Å². The molecular weight excluding hydrogens is 312 g/mol. The molecule has 2 atom stereocenters. The molecule has 130 valence electrons. The summed E-state index contributed by atoms with van der Waals surface area (Å²) in [4.78, 5) is 37.9. The van der Waals surface area contributed by atoms with Crippen molar-refractivity contribution in [3.05, 3.63) is 24.3 Å². The lowest BCUT2D eigenvalue weighted by Gasteiger charge is -2.23. The van der Waals surface area contributed by atoms with E-state index >= 15 is 0 Å². The van der Waals surface area contributed by atoms with Gasteiger partial charge in [-0.2, -0.15) is 0 Å². The van der Waals surface area contributed by atoms with Gasteiger partial charge in [0, 0.05) is 18.8 Å². The van der Waals surface area contributed by atoms with Crippen LogP contribution in [0.5, 0.6) is 5.75 Å². The zero-order chi connectivity index (χ0) is 17.7. The van der Waals surface area contributed by atoms with E-state index in [9.17, 15) is 14.4 Å². The number of ether oxygens (including phenoxy) is 1. The number of imide groups is 1. The lowest BCUT2D eigenvalue weighted by Crippen LogP contribution is -3.15. The van der Waals surface area contributed by atoms with Crippen molar-refractivity contribution in [2.45, 2.75) is 13.0 Å². The molecule has 1 unspecified atom stereocenters. The first-order valence-corrected chi connectivity index (χ1v) is 7.77. The largest absolute Gasteiger partial charge is 0.497 e. The number of benzene rings is 1. The van der Waals surface area contributed by atoms with Crippen molar-refractivity contribution in [2.24, 2.45) is 0 Å². The highest BCUT2D eigenvalue weighted by molar-refractivity contribution is 5.97. The van der Waals surface area contributed by atoms with E-state index in [-0.39, 0.29) is 24.4 Å². The average molecular weight is 335 g/mol. The van der Waals surface area contributed by atoms with Crippen LogP contribution in [0.4, 0.5) is 10.5 Å². The number of carbonyl (C=O) groups is 3. The van der Waals surface area contributed by atoms with Gasteiger partial charge in [0.05, 0.1) is 14.2 Å². The Balaban J connectivity index is 1.87. The van der Waals surface area contributed by atoms with E-state index in [0.29, 0.717) is 29.4 Å².